The van der Waals surface area contributed by atoms with Crippen LogP contribution in [0, 0.1) is 0 Å². The molecule has 0 spiro atoms. The Hall–Kier alpha value is -0.340. The second-order valence-electron chi connectivity index (χ2n) is 2.02. The molecular formula is C7H14O2. The zero-order chi connectivity index (χ0) is 7.11. The van der Waals surface area contributed by atoms with Crippen LogP contribution in [0.1, 0.15) is 13.3 Å². The van der Waals surface area contributed by atoms with Crippen LogP contribution < -0.4 is 0 Å². The molecule has 0 bridgehead atoms. The van der Waals surface area contributed by atoms with Crippen LogP contribution in [0.3, 0.4) is 0 Å². The van der Waals surface area contributed by atoms with Crippen LogP contribution >= 0.6 is 0 Å². The molecule has 54 valence electrons. The van der Waals surface area contributed by atoms with Gasteiger partial charge in [0.1, 0.15) is 6.79 Å². The van der Waals surface area contributed by atoms with Crippen molar-refractivity contribution in [1.82, 2.24) is 0 Å². The number of ether oxygens (including phenoxy) is 2. The molecule has 0 unspecified atom stereocenters. The average Bonchev–Trinajstić information content (AvgIpc) is 1.80. The van der Waals surface area contributed by atoms with Crippen LogP contribution in [0.25, 0.3) is 0 Å². The third kappa shape index (κ3) is 7.66. The van der Waals surface area contributed by atoms with Crippen molar-refractivity contribution in [3.8, 4) is 0 Å². The fourth-order valence-corrected chi connectivity index (χ4v) is 0.389. The van der Waals surface area contributed by atoms with E-state index in [1.807, 2.05) is 6.92 Å². The molecule has 0 saturated heterocycles. The summed E-state index contributed by atoms with van der Waals surface area (Å²) in [5, 5.41) is 0. The number of hydrogen-bond donors (Lipinski definition) is 0. The van der Waals surface area contributed by atoms with E-state index in [-0.39, 0.29) is 0 Å². The maximum Gasteiger partial charge on any atom is 0.146 e. The predicted octanol–water partition coefficient (Wildman–Crippen LogP) is 1.57. The van der Waals surface area contributed by atoms with E-state index in [0.717, 1.165) is 12.0 Å². The van der Waals surface area contributed by atoms with E-state index in [4.69, 9.17) is 4.74 Å². The third-order valence-electron chi connectivity index (χ3n) is 0.874. The van der Waals surface area contributed by atoms with Gasteiger partial charge in [-0.2, -0.15) is 0 Å². The van der Waals surface area contributed by atoms with Gasteiger partial charge >= 0.3 is 0 Å². The summed E-state index contributed by atoms with van der Waals surface area (Å²) in [5.41, 5.74) is 1.14. The van der Waals surface area contributed by atoms with Crippen molar-refractivity contribution in [1.29, 1.82) is 0 Å². The lowest BCUT2D eigenvalue weighted by Gasteiger charge is -2.00. The van der Waals surface area contributed by atoms with E-state index < -0.39 is 0 Å². The van der Waals surface area contributed by atoms with Gasteiger partial charge < -0.3 is 9.47 Å². The van der Waals surface area contributed by atoms with Gasteiger partial charge in [0.15, 0.2) is 0 Å². The Morgan fingerprint density at radius 1 is 1.56 bits per heavy atom. The number of methoxy groups -OCH3 is 1. The summed E-state index contributed by atoms with van der Waals surface area (Å²) in [4.78, 5) is 0. The molecule has 0 amide bonds. The molecule has 0 N–H and O–H groups in total. The molecule has 0 saturated carbocycles. The van der Waals surface area contributed by atoms with Crippen molar-refractivity contribution >= 4 is 0 Å². The Morgan fingerprint density at radius 2 is 2.22 bits per heavy atom. The Bertz CT molecular complexity index is 79.0. The van der Waals surface area contributed by atoms with Gasteiger partial charge in [0.2, 0.25) is 0 Å². The van der Waals surface area contributed by atoms with Crippen LogP contribution in [0.4, 0.5) is 0 Å². The first-order chi connectivity index (χ1) is 4.27. The van der Waals surface area contributed by atoms with Crippen molar-refractivity contribution in [2.75, 3.05) is 20.5 Å². The summed E-state index contributed by atoms with van der Waals surface area (Å²) >= 11 is 0. The van der Waals surface area contributed by atoms with Crippen LogP contribution in [0.15, 0.2) is 12.2 Å². The highest BCUT2D eigenvalue weighted by atomic mass is 16.7. The Balaban J connectivity index is 2.83. The highest BCUT2D eigenvalue weighted by Crippen LogP contribution is 1.94. The van der Waals surface area contributed by atoms with Crippen LogP contribution in [0.2, 0.25) is 0 Å². The third-order valence-corrected chi connectivity index (χ3v) is 0.874. The SMILES string of the molecule is C=C(C)CCOCOC. The lowest BCUT2D eigenvalue weighted by Crippen LogP contribution is -1.98. The first kappa shape index (κ1) is 8.66. The predicted molar refractivity (Wildman–Crippen MR) is 37.3 cm³/mol. The number of rotatable bonds is 5. The molecule has 2 heteroatoms. The molecule has 0 atom stereocenters. The Labute approximate surface area is 56.5 Å². The summed E-state index contributed by atoms with van der Waals surface area (Å²) in [7, 11) is 1.61. The molecule has 0 heterocycles. The second-order valence-corrected chi connectivity index (χ2v) is 2.02. The van der Waals surface area contributed by atoms with Crippen LogP contribution in [-0.2, 0) is 9.47 Å². The number of hydrogen-bond acceptors (Lipinski definition) is 2. The summed E-state index contributed by atoms with van der Waals surface area (Å²) in [6.07, 6.45) is 0.920. The van der Waals surface area contributed by atoms with Crippen molar-refractivity contribution < 1.29 is 9.47 Å². The lowest BCUT2D eigenvalue weighted by atomic mass is 10.3. The van der Waals surface area contributed by atoms with Gasteiger partial charge in [-0.3, -0.25) is 0 Å². The molecule has 0 aliphatic heterocycles. The molecule has 0 radical (unpaired) electrons. The molecule has 9 heavy (non-hydrogen) atoms. The van der Waals surface area contributed by atoms with E-state index in [9.17, 15) is 0 Å². The minimum atomic E-state index is 0.382. The van der Waals surface area contributed by atoms with Gasteiger partial charge in [-0.1, -0.05) is 5.57 Å². The van der Waals surface area contributed by atoms with Crippen molar-refractivity contribution in [3.63, 3.8) is 0 Å². The van der Waals surface area contributed by atoms with E-state index in [0.29, 0.717) is 13.4 Å². The van der Waals surface area contributed by atoms with E-state index in [1.165, 1.54) is 0 Å². The molecule has 2 nitrogen and oxygen atoms in total. The van der Waals surface area contributed by atoms with Crippen molar-refractivity contribution in [2.24, 2.45) is 0 Å². The standard InChI is InChI=1S/C7H14O2/c1-7(2)4-5-9-6-8-3/h1,4-6H2,2-3H3. The molecule has 0 aromatic carbocycles. The summed E-state index contributed by atoms with van der Waals surface area (Å²) in [5.74, 6) is 0. The molecule has 0 aliphatic rings. The van der Waals surface area contributed by atoms with Gasteiger partial charge in [-0.25, -0.2) is 0 Å². The van der Waals surface area contributed by atoms with E-state index in [2.05, 4.69) is 11.3 Å². The molecular weight excluding hydrogens is 116 g/mol. The minimum absolute atomic E-state index is 0.382. The zero-order valence-electron chi connectivity index (χ0n) is 6.14. The summed E-state index contributed by atoms with van der Waals surface area (Å²) in [6, 6.07) is 0. The Kier molecular flexibility index (Phi) is 5.57. The van der Waals surface area contributed by atoms with Crippen LogP contribution in [-0.4, -0.2) is 20.5 Å². The quantitative estimate of drug-likeness (QED) is 0.319. The van der Waals surface area contributed by atoms with Gasteiger partial charge in [-0.05, 0) is 13.3 Å². The fourth-order valence-electron chi connectivity index (χ4n) is 0.389. The first-order valence-corrected chi connectivity index (χ1v) is 2.98. The van der Waals surface area contributed by atoms with Gasteiger partial charge in [-0.15, -0.1) is 6.58 Å². The highest BCUT2D eigenvalue weighted by molar-refractivity contribution is 4.86. The monoisotopic (exact) mass is 130 g/mol. The van der Waals surface area contributed by atoms with Crippen LogP contribution in [0.5, 0.6) is 0 Å². The molecule has 0 fully saturated rings. The largest absolute Gasteiger partial charge is 0.359 e. The minimum Gasteiger partial charge on any atom is -0.359 e. The maximum absolute atomic E-state index is 5.01. The molecule has 0 aromatic rings. The Morgan fingerprint density at radius 3 is 2.67 bits per heavy atom. The van der Waals surface area contributed by atoms with E-state index in [1.54, 1.807) is 7.11 Å². The van der Waals surface area contributed by atoms with Crippen molar-refractivity contribution in [2.45, 2.75) is 13.3 Å². The maximum atomic E-state index is 5.01. The second kappa shape index (κ2) is 5.79. The zero-order valence-corrected chi connectivity index (χ0v) is 6.14. The van der Waals surface area contributed by atoms with E-state index >= 15 is 0 Å². The van der Waals surface area contributed by atoms with Gasteiger partial charge in [0.25, 0.3) is 0 Å². The van der Waals surface area contributed by atoms with Crippen molar-refractivity contribution in [3.05, 3.63) is 12.2 Å². The normalized spacial score (nSPS) is 9.56. The smallest absolute Gasteiger partial charge is 0.146 e. The summed E-state index contributed by atoms with van der Waals surface area (Å²) < 4.78 is 9.68. The fraction of sp³-hybridized carbons (Fsp3) is 0.714. The molecule has 0 rings (SSSR count). The highest BCUT2D eigenvalue weighted by Gasteiger charge is 1.85. The van der Waals surface area contributed by atoms with Gasteiger partial charge in [0.05, 0.1) is 6.61 Å². The molecule has 0 aromatic heterocycles. The van der Waals surface area contributed by atoms with Gasteiger partial charge in [0, 0.05) is 7.11 Å². The average molecular weight is 130 g/mol. The summed E-state index contributed by atoms with van der Waals surface area (Å²) in [6.45, 7) is 6.81. The molecule has 0 aliphatic carbocycles. The topological polar surface area (TPSA) is 18.5 Å². The first-order valence-electron chi connectivity index (χ1n) is 2.98. The lowest BCUT2D eigenvalue weighted by molar-refractivity contribution is -0.0290.